The van der Waals surface area contributed by atoms with E-state index in [1.165, 1.54) is 24.8 Å². The van der Waals surface area contributed by atoms with Crippen molar-refractivity contribution in [2.24, 2.45) is 5.92 Å². The van der Waals surface area contributed by atoms with Gasteiger partial charge in [-0.2, -0.15) is 0 Å². The van der Waals surface area contributed by atoms with Gasteiger partial charge in [0.2, 0.25) is 5.91 Å². The zero-order valence-electron chi connectivity index (χ0n) is 17.6. The summed E-state index contributed by atoms with van der Waals surface area (Å²) in [5, 5.41) is 6.22. The Kier molecular flexibility index (Phi) is 6.63. The van der Waals surface area contributed by atoms with Crippen LogP contribution in [-0.4, -0.2) is 36.0 Å². The second-order valence-electron chi connectivity index (χ2n) is 9.36. The van der Waals surface area contributed by atoms with Crippen molar-refractivity contribution in [3.05, 3.63) is 29.8 Å². The summed E-state index contributed by atoms with van der Waals surface area (Å²) in [6, 6.07) is 8.49. The van der Waals surface area contributed by atoms with Gasteiger partial charge in [0, 0.05) is 30.7 Å². The summed E-state index contributed by atoms with van der Waals surface area (Å²) in [6.07, 6.45) is 7.35. The lowest BCUT2D eigenvalue weighted by molar-refractivity contribution is -0.121. The van der Waals surface area contributed by atoms with Gasteiger partial charge in [-0.25, -0.2) is 4.79 Å². The molecule has 1 aromatic rings. The minimum atomic E-state index is -0.0268. The molecule has 5 heteroatoms. The largest absolute Gasteiger partial charge is 0.335 e. The van der Waals surface area contributed by atoms with Crippen LogP contribution in [0.1, 0.15) is 71.3 Å². The van der Waals surface area contributed by atoms with Gasteiger partial charge in [-0.15, -0.1) is 0 Å². The van der Waals surface area contributed by atoms with E-state index in [0.29, 0.717) is 19.1 Å². The minimum Gasteiger partial charge on any atom is -0.335 e. The molecule has 0 spiro atoms. The number of nitrogens with zero attached hydrogens (tertiary/aromatic N) is 1. The van der Waals surface area contributed by atoms with Gasteiger partial charge < -0.3 is 15.5 Å². The third kappa shape index (κ3) is 5.49. The molecule has 0 radical (unpaired) electrons. The standard InChI is InChI=1S/C23H35N3O2/c1-23(2,3)18-9-11-20(12-10-18)24-21(27)17-13-15-26(16-14-17)22(28)25-19-7-5-4-6-8-19/h9-12,17,19H,4-8,13-16H2,1-3H3,(H,24,27)(H,25,28). The van der Waals surface area contributed by atoms with E-state index in [-0.39, 0.29) is 23.3 Å². The first-order valence-electron chi connectivity index (χ1n) is 10.8. The second-order valence-corrected chi connectivity index (χ2v) is 9.36. The van der Waals surface area contributed by atoms with Crippen molar-refractivity contribution in [3.8, 4) is 0 Å². The maximum Gasteiger partial charge on any atom is 0.317 e. The van der Waals surface area contributed by atoms with E-state index in [0.717, 1.165) is 31.4 Å². The number of likely N-dealkylation sites (tertiary alicyclic amines) is 1. The smallest absolute Gasteiger partial charge is 0.317 e. The van der Waals surface area contributed by atoms with Gasteiger partial charge in [-0.05, 0) is 48.8 Å². The highest BCUT2D eigenvalue weighted by Crippen LogP contribution is 2.25. The molecule has 1 aliphatic carbocycles. The predicted octanol–water partition coefficient (Wildman–Crippen LogP) is 4.68. The van der Waals surface area contributed by atoms with E-state index in [1.807, 2.05) is 17.0 Å². The summed E-state index contributed by atoms with van der Waals surface area (Å²) < 4.78 is 0. The number of carbonyl (C=O) groups excluding carboxylic acids is 2. The van der Waals surface area contributed by atoms with Crippen molar-refractivity contribution < 1.29 is 9.59 Å². The summed E-state index contributed by atoms with van der Waals surface area (Å²) in [6.45, 7) is 7.84. The fourth-order valence-corrected chi connectivity index (χ4v) is 4.16. The first-order chi connectivity index (χ1) is 13.3. The van der Waals surface area contributed by atoms with Crippen molar-refractivity contribution in [3.63, 3.8) is 0 Å². The molecule has 0 unspecified atom stereocenters. The fraction of sp³-hybridized carbons (Fsp3) is 0.652. The zero-order chi connectivity index (χ0) is 20.1. The number of hydrogen-bond acceptors (Lipinski definition) is 2. The van der Waals surface area contributed by atoms with Crippen molar-refractivity contribution in [2.45, 2.75) is 77.2 Å². The highest BCUT2D eigenvalue weighted by atomic mass is 16.2. The van der Waals surface area contributed by atoms with Crippen LogP contribution in [0.15, 0.2) is 24.3 Å². The molecule has 2 fully saturated rings. The number of piperidine rings is 1. The van der Waals surface area contributed by atoms with Crippen LogP contribution in [-0.2, 0) is 10.2 Å². The van der Waals surface area contributed by atoms with Gasteiger partial charge in [-0.1, -0.05) is 52.2 Å². The molecule has 2 N–H and O–H groups in total. The minimum absolute atomic E-state index is 0.0268. The Morgan fingerprint density at radius 1 is 0.929 bits per heavy atom. The Hall–Kier alpha value is -2.04. The Labute approximate surface area is 169 Å². The van der Waals surface area contributed by atoms with E-state index in [9.17, 15) is 9.59 Å². The molecule has 1 saturated heterocycles. The number of anilines is 1. The lowest BCUT2D eigenvalue weighted by Gasteiger charge is -2.33. The Balaban J connectivity index is 1.45. The van der Waals surface area contributed by atoms with Gasteiger partial charge >= 0.3 is 6.03 Å². The van der Waals surface area contributed by atoms with Crippen LogP contribution in [0.4, 0.5) is 10.5 Å². The molecule has 1 heterocycles. The van der Waals surface area contributed by atoms with Crippen molar-refractivity contribution in [2.75, 3.05) is 18.4 Å². The molecule has 3 amide bonds. The van der Waals surface area contributed by atoms with Gasteiger partial charge in [0.15, 0.2) is 0 Å². The number of nitrogens with one attached hydrogen (secondary N) is 2. The van der Waals surface area contributed by atoms with Crippen LogP contribution in [0.2, 0.25) is 0 Å². The molecule has 1 aliphatic heterocycles. The normalized spacial score (nSPS) is 19.3. The third-order valence-electron chi connectivity index (χ3n) is 6.10. The summed E-state index contributed by atoms with van der Waals surface area (Å²) >= 11 is 0. The van der Waals surface area contributed by atoms with E-state index in [2.05, 4.69) is 43.5 Å². The Bertz CT molecular complexity index is 664. The molecule has 5 nitrogen and oxygen atoms in total. The van der Waals surface area contributed by atoms with Crippen LogP contribution >= 0.6 is 0 Å². The molecular weight excluding hydrogens is 350 g/mol. The summed E-state index contributed by atoms with van der Waals surface area (Å²) in [4.78, 5) is 26.9. The molecule has 0 aromatic heterocycles. The monoisotopic (exact) mass is 385 g/mol. The van der Waals surface area contributed by atoms with Crippen LogP contribution in [0.25, 0.3) is 0 Å². The molecular formula is C23H35N3O2. The molecule has 3 rings (SSSR count). The number of benzene rings is 1. The highest BCUT2D eigenvalue weighted by molar-refractivity contribution is 5.92. The van der Waals surface area contributed by atoms with Gasteiger partial charge in [-0.3, -0.25) is 4.79 Å². The lowest BCUT2D eigenvalue weighted by Crippen LogP contribution is -2.49. The maximum atomic E-state index is 12.6. The average Bonchev–Trinajstić information content (AvgIpc) is 2.68. The number of carbonyl (C=O) groups is 2. The molecule has 1 saturated carbocycles. The van der Waals surface area contributed by atoms with Crippen LogP contribution in [0, 0.1) is 5.92 Å². The number of urea groups is 1. The molecule has 0 atom stereocenters. The van der Waals surface area contributed by atoms with E-state index >= 15 is 0 Å². The lowest BCUT2D eigenvalue weighted by atomic mass is 9.87. The quantitative estimate of drug-likeness (QED) is 0.794. The second kappa shape index (κ2) is 8.97. The fourth-order valence-electron chi connectivity index (χ4n) is 4.16. The number of rotatable bonds is 3. The Morgan fingerprint density at radius 3 is 2.11 bits per heavy atom. The third-order valence-corrected chi connectivity index (χ3v) is 6.10. The van der Waals surface area contributed by atoms with Gasteiger partial charge in [0.1, 0.15) is 0 Å². The summed E-state index contributed by atoms with van der Waals surface area (Å²) in [5.41, 5.74) is 2.20. The van der Waals surface area contributed by atoms with Crippen molar-refractivity contribution in [1.82, 2.24) is 10.2 Å². The van der Waals surface area contributed by atoms with Crippen molar-refractivity contribution >= 4 is 17.6 Å². The molecule has 154 valence electrons. The molecule has 28 heavy (non-hydrogen) atoms. The van der Waals surface area contributed by atoms with E-state index < -0.39 is 0 Å². The maximum absolute atomic E-state index is 12.6. The summed E-state index contributed by atoms with van der Waals surface area (Å²) in [7, 11) is 0. The Morgan fingerprint density at radius 2 is 1.54 bits per heavy atom. The summed E-state index contributed by atoms with van der Waals surface area (Å²) in [5.74, 6) is 0.0388. The van der Waals surface area contributed by atoms with E-state index in [1.54, 1.807) is 0 Å². The predicted molar refractivity (Wildman–Crippen MR) is 113 cm³/mol. The van der Waals surface area contributed by atoms with Crippen molar-refractivity contribution in [1.29, 1.82) is 0 Å². The SMILES string of the molecule is CC(C)(C)c1ccc(NC(=O)C2CCN(C(=O)NC3CCCCC3)CC2)cc1. The highest BCUT2D eigenvalue weighted by Gasteiger charge is 2.28. The van der Waals surface area contributed by atoms with E-state index in [4.69, 9.17) is 0 Å². The first-order valence-corrected chi connectivity index (χ1v) is 10.8. The van der Waals surface area contributed by atoms with Gasteiger partial charge in [0.25, 0.3) is 0 Å². The zero-order valence-corrected chi connectivity index (χ0v) is 17.6. The molecule has 1 aromatic carbocycles. The number of amides is 3. The first kappa shape index (κ1) is 20.7. The molecule has 0 bridgehead atoms. The van der Waals surface area contributed by atoms with Crippen LogP contribution in [0.3, 0.4) is 0 Å². The average molecular weight is 386 g/mol. The molecule has 2 aliphatic rings. The van der Waals surface area contributed by atoms with Gasteiger partial charge in [0.05, 0.1) is 0 Å². The number of hydrogen-bond donors (Lipinski definition) is 2. The van der Waals surface area contributed by atoms with Crippen LogP contribution in [0.5, 0.6) is 0 Å². The topological polar surface area (TPSA) is 61.4 Å². The van der Waals surface area contributed by atoms with Crippen LogP contribution < -0.4 is 10.6 Å².